The van der Waals surface area contributed by atoms with Gasteiger partial charge < -0.3 is 11.5 Å². The Morgan fingerprint density at radius 2 is 1.68 bits per heavy atom. The predicted octanol–water partition coefficient (Wildman–Crippen LogP) is 3.33. The summed E-state index contributed by atoms with van der Waals surface area (Å²) in [5, 5.41) is 0. The molecule has 2 aromatic carbocycles. The molecule has 22 heavy (non-hydrogen) atoms. The molecule has 0 bridgehead atoms. The van der Waals surface area contributed by atoms with Gasteiger partial charge in [0.15, 0.2) is 0 Å². The van der Waals surface area contributed by atoms with E-state index < -0.39 is 40.4 Å². The van der Waals surface area contributed by atoms with Crippen molar-refractivity contribution in [2.75, 3.05) is 5.73 Å². The third-order valence-corrected chi connectivity index (χ3v) is 2.96. The summed E-state index contributed by atoms with van der Waals surface area (Å²) in [6, 6.07) is 3.81. The smallest absolute Gasteiger partial charge is 0.396 e. The van der Waals surface area contributed by atoms with Crippen molar-refractivity contribution < 1.29 is 26.7 Å². The second kappa shape index (κ2) is 5.28. The molecule has 0 atom stereocenters. The molecule has 0 spiro atoms. The van der Waals surface area contributed by atoms with E-state index >= 15 is 0 Å². The topological polar surface area (TPSA) is 69.1 Å². The van der Waals surface area contributed by atoms with Gasteiger partial charge in [-0.25, -0.2) is 8.78 Å². The fourth-order valence-electron chi connectivity index (χ4n) is 2.03. The number of amides is 1. The number of anilines is 1. The van der Waals surface area contributed by atoms with Gasteiger partial charge in [-0.15, -0.1) is 0 Å². The Labute approximate surface area is 121 Å². The summed E-state index contributed by atoms with van der Waals surface area (Å²) in [7, 11) is 0. The molecule has 2 rings (SSSR count). The van der Waals surface area contributed by atoms with Gasteiger partial charge in [-0.05, 0) is 35.4 Å². The monoisotopic (exact) mass is 316 g/mol. The average molecular weight is 316 g/mol. The van der Waals surface area contributed by atoms with Crippen LogP contribution in [0.1, 0.15) is 15.9 Å². The number of nitrogens with two attached hydrogens (primary N) is 2. The zero-order valence-electron chi connectivity index (χ0n) is 10.8. The van der Waals surface area contributed by atoms with Crippen LogP contribution < -0.4 is 11.5 Å². The minimum Gasteiger partial charge on any atom is -0.396 e. The first-order chi connectivity index (χ1) is 10.1. The van der Waals surface area contributed by atoms with Crippen molar-refractivity contribution >= 4 is 11.6 Å². The largest absolute Gasteiger partial charge is 0.417 e. The first kappa shape index (κ1) is 15.7. The molecule has 0 aliphatic carbocycles. The zero-order valence-corrected chi connectivity index (χ0v) is 10.8. The van der Waals surface area contributed by atoms with Gasteiger partial charge in [-0.2, -0.15) is 13.2 Å². The number of nitrogen functional groups attached to an aromatic ring is 1. The zero-order chi connectivity index (χ0) is 16.7. The summed E-state index contributed by atoms with van der Waals surface area (Å²) in [5.41, 5.74) is 6.44. The normalized spacial score (nSPS) is 11.5. The SMILES string of the molecule is NC(=O)c1cc(F)cc(-c2ccc(N)c(F)c2)c1C(F)(F)F. The molecule has 3 nitrogen and oxygen atoms in total. The Balaban J connectivity index is 2.84. The van der Waals surface area contributed by atoms with Crippen LogP contribution in [0.15, 0.2) is 30.3 Å². The van der Waals surface area contributed by atoms with Crippen LogP contribution in [-0.4, -0.2) is 5.91 Å². The molecule has 0 unspecified atom stereocenters. The molecule has 4 N–H and O–H groups in total. The summed E-state index contributed by atoms with van der Waals surface area (Å²) in [6.45, 7) is 0. The molecule has 0 aliphatic rings. The maximum atomic E-state index is 13.5. The minimum atomic E-state index is -4.98. The quantitative estimate of drug-likeness (QED) is 0.659. The van der Waals surface area contributed by atoms with Crippen LogP contribution in [0.4, 0.5) is 27.6 Å². The van der Waals surface area contributed by atoms with E-state index in [0.717, 1.165) is 18.2 Å². The van der Waals surface area contributed by atoms with E-state index in [-0.39, 0.29) is 11.3 Å². The summed E-state index contributed by atoms with van der Waals surface area (Å²) in [6.07, 6.45) is -4.98. The molecule has 0 fully saturated rings. The van der Waals surface area contributed by atoms with E-state index in [1.165, 1.54) is 0 Å². The van der Waals surface area contributed by atoms with Gasteiger partial charge in [0.1, 0.15) is 11.6 Å². The number of carbonyl (C=O) groups excluding carboxylic acids is 1. The molecule has 2 aromatic rings. The molecule has 116 valence electrons. The van der Waals surface area contributed by atoms with Crippen LogP contribution in [0.3, 0.4) is 0 Å². The molecule has 0 aromatic heterocycles. The number of benzene rings is 2. The van der Waals surface area contributed by atoms with E-state index in [9.17, 15) is 26.7 Å². The van der Waals surface area contributed by atoms with Crippen molar-refractivity contribution in [1.29, 1.82) is 0 Å². The lowest BCUT2D eigenvalue weighted by Gasteiger charge is -2.17. The molecular formula is C14H9F5N2O. The lowest BCUT2D eigenvalue weighted by Crippen LogP contribution is -2.20. The highest BCUT2D eigenvalue weighted by atomic mass is 19.4. The third-order valence-electron chi connectivity index (χ3n) is 2.96. The second-order valence-electron chi connectivity index (χ2n) is 4.47. The van der Waals surface area contributed by atoms with Gasteiger partial charge >= 0.3 is 6.18 Å². The van der Waals surface area contributed by atoms with Crippen LogP contribution in [0.2, 0.25) is 0 Å². The lowest BCUT2D eigenvalue weighted by atomic mass is 9.94. The third kappa shape index (κ3) is 2.85. The Bertz CT molecular complexity index is 756. The van der Waals surface area contributed by atoms with Gasteiger partial charge in [-0.1, -0.05) is 6.07 Å². The van der Waals surface area contributed by atoms with Crippen molar-refractivity contribution in [3.63, 3.8) is 0 Å². The number of primary amides is 1. The predicted molar refractivity (Wildman–Crippen MR) is 69.7 cm³/mol. The Hall–Kier alpha value is -2.64. The van der Waals surface area contributed by atoms with Crippen LogP contribution in [0.5, 0.6) is 0 Å². The number of halogens is 5. The Morgan fingerprint density at radius 3 is 2.18 bits per heavy atom. The molecule has 0 saturated heterocycles. The number of hydrogen-bond acceptors (Lipinski definition) is 2. The first-order valence-corrected chi connectivity index (χ1v) is 5.87. The maximum absolute atomic E-state index is 13.5. The van der Waals surface area contributed by atoms with E-state index in [2.05, 4.69) is 0 Å². The van der Waals surface area contributed by atoms with Crippen molar-refractivity contribution in [3.05, 3.63) is 53.1 Å². The highest BCUT2D eigenvalue weighted by Crippen LogP contribution is 2.40. The van der Waals surface area contributed by atoms with E-state index in [1.54, 1.807) is 0 Å². The number of alkyl halides is 3. The van der Waals surface area contributed by atoms with Gasteiger partial charge in [0, 0.05) is 0 Å². The standard InChI is InChI=1S/C14H9F5N2O/c15-7-4-8(6-1-2-11(20)10(16)3-6)12(14(17,18)19)9(5-7)13(21)22/h1-5H,20H2,(H2,21,22). The second-order valence-corrected chi connectivity index (χ2v) is 4.47. The van der Waals surface area contributed by atoms with E-state index in [4.69, 9.17) is 11.5 Å². The molecular weight excluding hydrogens is 307 g/mol. The van der Waals surface area contributed by atoms with Gasteiger partial charge in [0.25, 0.3) is 0 Å². The molecule has 0 radical (unpaired) electrons. The van der Waals surface area contributed by atoms with Gasteiger partial charge in [0.05, 0.1) is 16.8 Å². The average Bonchev–Trinajstić information content (AvgIpc) is 2.39. The number of hydrogen-bond donors (Lipinski definition) is 2. The van der Waals surface area contributed by atoms with E-state index in [1.807, 2.05) is 0 Å². The highest BCUT2D eigenvalue weighted by molar-refractivity contribution is 5.96. The summed E-state index contributed by atoms with van der Waals surface area (Å²) in [4.78, 5) is 11.2. The molecule has 0 heterocycles. The summed E-state index contributed by atoms with van der Waals surface area (Å²) < 4.78 is 66.6. The van der Waals surface area contributed by atoms with Crippen molar-refractivity contribution in [3.8, 4) is 11.1 Å². The van der Waals surface area contributed by atoms with Crippen LogP contribution in [0, 0.1) is 11.6 Å². The molecule has 0 saturated carbocycles. The molecule has 0 aliphatic heterocycles. The first-order valence-electron chi connectivity index (χ1n) is 5.87. The Kier molecular flexibility index (Phi) is 3.78. The van der Waals surface area contributed by atoms with Crippen LogP contribution in [0.25, 0.3) is 11.1 Å². The van der Waals surface area contributed by atoms with Crippen molar-refractivity contribution in [2.45, 2.75) is 6.18 Å². The number of rotatable bonds is 2. The van der Waals surface area contributed by atoms with Crippen molar-refractivity contribution in [2.24, 2.45) is 5.73 Å². The van der Waals surface area contributed by atoms with Gasteiger partial charge in [-0.3, -0.25) is 4.79 Å². The lowest BCUT2D eigenvalue weighted by molar-refractivity contribution is -0.137. The van der Waals surface area contributed by atoms with Gasteiger partial charge in [0.2, 0.25) is 5.91 Å². The van der Waals surface area contributed by atoms with E-state index in [0.29, 0.717) is 12.1 Å². The fraction of sp³-hybridized carbons (Fsp3) is 0.0714. The number of carbonyl (C=O) groups is 1. The van der Waals surface area contributed by atoms with Crippen molar-refractivity contribution in [1.82, 2.24) is 0 Å². The Morgan fingerprint density at radius 1 is 1.05 bits per heavy atom. The van der Waals surface area contributed by atoms with Crippen LogP contribution in [-0.2, 0) is 6.18 Å². The highest BCUT2D eigenvalue weighted by Gasteiger charge is 2.38. The molecule has 8 heteroatoms. The summed E-state index contributed by atoms with van der Waals surface area (Å²) >= 11 is 0. The fourth-order valence-corrected chi connectivity index (χ4v) is 2.03. The molecule has 1 amide bonds. The minimum absolute atomic E-state index is 0.274. The summed E-state index contributed by atoms with van der Waals surface area (Å²) in [5.74, 6) is -3.51. The van der Waals surface area contributed by atoms with Crippen LogP contribution >= 0.6 is 0 Å². The maximum Gasteiger partial charge on any atom is 0.417 e.